The van der Waals surface area contributed by atoms with Crippen molar-refractivity contribution in [2.45, 2.75) is 26.3 Å². The van der Waals surface area contributed by atoms with E-state index in [1.807, 2.05) is 43.3 Å². The highest BCUT2D eigenvalue weighted by Gasteiger charge is 2.14. The van der Waals surface area contributed by atoms with E-state index < -0.39 is 0 Å². The van der Waals surface area contributed by atoms with Gasteiger partial charge in [0, 0.05) is 12.2 Å². The molecule has 2 aromatic carbocycles. The molecule has 0 aliphatic carbocycles. The zero-order valence-electron chi connectivity index (χ0n) is 12.3. The van der Waals surface area contributed by atoms with E-state index in [4.69, 9.17) is 0 Å². The van der Waals surface area contributed by atoms with E-state index in [-0.39, 0.29) is 5.91 Å². The zero-order valence-corrected chi connectivity index (χ0v) is 12.3. The summed E-state index contributed by atoms with van der Waals surface area (Å²) >= 11 is 0. The monoisotopic (exact) mass is 280 g/mol. The molecule has 3 rings (SSSR count). The molecular weight excluding hydrogens is 260 g/mol. The van der Waals surface area contributed by atoms with Crippen molar-refractivity contribution in [3.05, 3.63) is 64.7 Å². The number of fused-ring (bicyclic) bond motifs is 1. The molecule has 0 atom stereocenters. The Hall–Kier alpha value is -2.13. The Morgan fingerprint density at radius 2 is 2.05 bits per heavy atom. The Morgan fingerprint density at radius 3 is 2.90 bits per heavy atom. The number of benzene rings is 2. The first kappa shape index (κ1) is 13.8. The molecule has 0 bridgehead atoms. The zero-order chi connectivity index (χ0) is 14.7. The van der Waals surface area contributed by atoms with Crippen LogP contribution in [0.1, 0.15) is 22.3 Å². The molecule has 1 amide bonds. The van der Waals surface area contributed by atoms with Crippen molar-refractivity contribution in [2.24, 2.45) is 0 Å². The number of anilines is 1. The fourth-order valence-corrected chi connectivity index (χ4v) is 2.82. The van der Waals surface area contributed by atoms with Gasteiger partial charge in [-0.15, -0.1) is 0 Å². The fourth-order valence-electron chi connectivity index (χ4n) is 2.82. The van der Waals surface area contributed by atoms with Crippen LogP contribution >= 0.6 is 0 Å². The van der Waals surface area contributed by atoms with Crippen LogP contribution in [0.25, 0.3) is 0 Å². The molecule has 0 saturated heterocycles. The predicted octanol–water partition coefficient (Wildman–Crippen LogP) is 2.82. The van der Waals surface area contributed by atoms with Gasteiger partial charge < -0.3 is 10.6 Å². The SMILES string of the molecule is Cc1ccccc1CC(=O)Nc1cccc2c1CCNC2. The number of aryl methyl sites for hydroxylation is 1. The lowest BCUT2D eigenvalue weighted by atomic mass is 9.98. The molecule has 3 nitrogen and oxygen atoms in total. The normalized spacial score (nSPS) is 13.6. The van der Waals surface area contributed by atoms with Crippen molar-refractivity contribution >= 4 is 11.6 Å². The van der Waals surface area contributed by atoms with Gasteiger partial charge in [0.1, 0.15) is 0 Å². The van der Waals surface area contributed by atoms with E-state index in [0.29, 0.717) is 6.42 Å². The summed E-state index contributed by atoms with van der Waals surface area (Å²) < 4.78 is 0. The summed E-state index contributed by atoms with van der Waals surface area (Å²) in [4.78, 5) is 12.3. The van der Waals surface area contributed by atoms with Crippen LogP contribution in [0.4, 0.5) is 5.69 Å². The van der Waals surface area contributed by atoms with Gasteiger partial charge in [0.15, 0.2) is 0 Å². The molecule has 0 spiro atoms. The Kier molecular flexibility index (Phi) is 4.02. The van der Waals surface area contributed by atoms with Crippen LogP contribution in [-0.2, 0) is 24.2 Å². The molecule has 0 unspecified atom stereocenters. The van der Waals surface area contributed by atoms with Gasteiger partial charge >= 0.3 is 0 Å². The number of hydrogen-bond acceptors (Lipinski definition) is 2. The van der Waals surface area contributed by atoms with Gasteiger partial charge in [-0.2, -0.15) is 0 Å². The minimum absolute atomic E-state index is 0.0521. The van der Waals surface area contributed by atoms with E-state index in [1.54, 1.807) is 0 Å². The smallest absolute Gasteiger partial charge is 0.228 e. The highest BCUT2D eigenvalue weighted by Crippen LogP contribution is 2.23. The van der Waals surface area contributed by atoms with Crippen LogP contribution in [0.3, 0.4) is 0 Å². The van der Waals surface area contributed by atoms with Crippen LogP contribution in [0.5, 0.6) is 0 Å². The van der Waals surface area contributed by atoms with Gasteiger partial charge in [-0.05, 0) is 48.2 Å². The third-order valence-corrected chi connectivity index (χ3v) is 4.03. The second-order valence-corrected chi connectivity index (χ2v) is 5.52. The minimum atomic E-state index is 0.0521. The van der Waals surface area contributed by atoms with Gasteiger partial charge in [-0.1, -0.05) is 36.4 Å². The highest BCUT2D eigenvalue weighted by atomic mass is 16.1. The maximum absolute atomic E-state index is 12.3. The predicted molar refractivity (Wildman–Crippen MR) is 85.4 cm³/mol. The maximum Gasteiger partial charge on any atom is 0.228 e. The molecule has 3 heteroatoms. The van der Waals surface area contributed by atoms with Gasteiger partial charge in [0.05, 0.1) is 6.42 Å². The van der Waals surface area contributed by atoms with Crippen molar-refractivity contribution < 1.29 is 4.79 Å². The summed E-state index contributed by atoms with van der Waals surface area (Å²) in [5, 5.41) is 6.44. The Bertz CT molecular complexity index is 664. The molecule has 0 fully saturated rings. The number of hydrogen-bond donors (Lipinski definition) is 2. The lowest BCUT2D eigenvalue weighted by Crippen LogP contribution is -2.25. The van der Waals surface area contributed by atoms with Crippen LogP contribution in [0.15, 0.2) is 42.5 Å². The molecule has 108 valence electrons. The number of rotatable bonds is 3. The number of carbonyl (C=O) groups excluding carboxylic acids is 1. The van der Waals surface area contributed by atoms with Crippen LogP contribution in [0, 0.1) is 6.92 Å². The third-order valence-electron chi connectivity index (χ3n) is 4.03. The lowest BCUT2D eigenvalue weighted by molar-refractivity contribution is -0.115. The molecule has 1 aliphatic rings. The standard InChI is InChI=1S/C18H20N2O/c1-13-5-2-3-6-14(13)11-18(21)20-17-8-4-7-15-12-19-10-9-16(15)17/h2-8,19H,9-12H2,1H3,(H,20,21). The molecule has 0 radical (unpaired) electrons. The quantitative estimate of drug-likeness (QED) is 0.907. The van der Waals surface area contributed by atoms with Crippen molar-refractivity contribution in [1.29, 1.82) is 0 Å². The largest absolute Gasteiger partial charge is 0.326 e. The number of nitrogens with one attached hydrogen (secondary N) is 2. The summed E-state index contributed by atoms with van der Waals surface area (Å²) in [6, 6.07) is 14.2. The Labute approximate surface area is 125 Å². The third kappa shape index (κ3) is 3.14. The van der Waals surface area contributed by atoms with E-state index in [2.05, 4.69) is 16.7 Å². The van der Waals surface area contributed by atoms with Crippen molar-refractivity contribution in [3.8, 4) is 0 Å². The van der Waals surface area contributed by atoms with E-state index >= 15 is 0 Å². The molecule has 1 heterocycles. The maximum atomic E-state index is 12.3. The second kappa shape index (κ2) is 6.10. The van der Waals surface area contributed by atoms with Crippen molar-refractivity contribution in [1.82, 2.24) is 5.32 Å². The van der Waals surface area contributed by atoms with Gasteiger partial charge in [0.2, 0.25) is 5.91 Å². The molecule has 0 saturated carbocycles. The first-order chi connectivity index (χ1) is 10.2. The Balaban J connectivity index is 1.75. The topological polar surface area (TPSA) is 41.1 Å². The van der Waals surface area contributed by atoms with E-state index in [9.17, 15) is 4.79 Å². The molecule has 2 aromatic rings. The average Bonchev–Trinajstić information content (AvgIpc) is 2.50. The first-order valence-corrected chi connectivity index (χ1v) is 7.40. The van der Waals surface area contributed by atoms with E-state index in [0.717, 1.165) is 36.3 Å². The summed E-state index contributed by atoms with van der Waals surface area (Å²) in [6.07, 6.45) is 1.39. The molecule has 2 N–H and O–H groups in total. The molecule has 21 heavy (non-hydrogen) atoms. The summed E-state index contributed by atoms with van der Waals surface area (Å²) in [7, 11) is 0. The first-order valence-electron chi connectivity index (χ1n) is 7.40. The van der Waals surface area contributed by atoms with Gasteiger partial charge in [-0.3, -0.25) is 4.79 Å². The molecule has 1 aliphatic heterocycles. The Morgan fingerprint density at radius 1 is 1.19 bits per heavy atom. The number of amides is 1. The van der Waals surface area contributed by atoms with Crippen molar-refractivity contribution in [2.75, 3.05) is 11.9 Å². The fraction of sp³-hybridized carbons (Fsp3) is 0.278. The molecule has 0 aromatic heterocycles. The lowest BCUT2D eigenvalue weighted by Gasteiger charge is -2.20. The van der Waals surface area contributed by atoms with Crippen molar-refractivity contribution in [3.63, 3.8) is 0 Å². The minimum Gasteiger partial charge on any atom is -0.326 e. The van der Waals surface area contributed by atoms with E-state index in [1.165, 1.54) is 11.1 Å². The van der Waals surface area contributed by atoms with Gasteiger partial charge in [-0.25, -0.2) is 0 Å². The highest BCUT2D eigenvalue weighted by molar-refractivity contribution is 5.93. The van der Waals surface area contributed by atoms with Crippen LogP contribution in [-0.4, -0.2) is 12.5 Å². The summed E-state index contributed by atoms with van der Waals surface area (Å²) in [5.41, 5.74) is 5.77. The second-order valence-electron chi connectivity index (χ2n) is 5.52. The average molecular weight is 280 g/mol. The molecular formula is C18H20N2O. The number of carbonyl (C=O) groups is 1. The summed E-state index contributed by atoms with van der Waals surface area (Å²) in [6.45, 7) is 3.90. The van der Waals surface area contributed by atoms with Crippen LogP contribution < -0.4 is 10.6 Å². The van der Waals surface area contributed by atoms with Crippen LogP contribution in [0.2, 0.25) is 0 Å². The summed E-state index contributed by atoms with van der Waals surface area (Å²) in [5.74, 6) is 0.0521. The van der Waals surface area contributed by atoms with Gasteiger partial charge in [0.25, 0.3) is 0 Å².